The lowest BCUT2D eigenvalue weighted by molar-refractivity contribution is -0.131. The number of aliphatic hydroxyl groups excluding tert-OH is 1. The molecule has 0 saturated carbocycles. The first kappa shape index (κ1) is 20.3. The van der Waals surface area contributed by atoms with E-state index in [1.54, 1.807) is 17.0 Å². The number of likely N-dealkylation sites (tertiary alicyclic amines) is 1. The molecule has 3 aliphatic heterocycles. The molecule has 0 aromatic heterocycles. The minimum atomic E-state index is -0.644. The van der Waals surface area contributed by atoms with Gasteiger partial charge in [-0.3, -0.25) is 14.4 Å². The molecule has 2 fully saturated rings. The van der Waals surface area contributed by atoms with E-state index < -0.39 is 17.7 Å². The third-order valence-corrected chi connectivity index (χ3v) is 6.28. The quantitative estimate of drug-likeness (QED) is 0.657. The molecule has 2 saturated heterocycles. The molecular formula is C22H28N4O4. The number of nitrogens with one attached hydrogen (secondary N) is 2. The number of amides is 3. The lowest BCUT2D eigenvalue weighted by Crippen LogP contribution is -2.56. The zero-order valence-electron chi connectivity index (χ0n) is 17.2. The summed E-state index contributed by atoms with van der Waals surface area (Å²) in [6.45, 7) is 4.35. The van der Waals surface area contributed by atoms with Crippen molar-refractivity contribution in [2.24, 2.45) is 5.92 Å². The van der Waals surface area contributed by atoms with Crippen molar-refractivity contribution in [2.45, 2.75) is 38.6 Å². The molecule has 160 valence electrons. The number of aliphatic hydroxyl groups is 1. The van der Waals surface area contributed by atoms with Gasteiger partial charge >= 0.3 is 0 Å². The van der Waals surface area contributed by atoms with Crippen LogP contribution in [0.2, 0.25) is 0 Å². The first-order chi connectivity index (χ1) is 14.4. The molecule has 0 unspecified atom stereocenters. The van der Waals surface area contributed by atoms with Crippen LogP contribution >= 0.6 is 0 Å². The van der Waals surface area contributed by atoms with Crippen LogP contribution in [0.3, 0.4) is 0 Å². The van der Waals surface area contributed by atoms with Crippen LogP contribution < -0.4 is 15.5 Å². The number of anilines is 2. The second-order valence-corrected chi connectivity index (χ2v) is 8.25. The molecule has 3 aliphatic rings. The Balaban J connectivity index is 1.48. The van der Waals surface area contributed by atoms with Gasteiger partial charge in [0.15, 0.2) is 0 Å². The summed E-state index contributed by atoms with van der Waals surface area (Å²) in [7, 11) is 0. The van der Waals surface area contributed by atoms with Crippen LogP contribution in [0, 0.1) is 5.92 Å². The Hall–Kier alpha value is -3.03. The molecule has 3 amide bonds. The predicted octanol–water partition coefficient (Wildman–Crippen LogP) is 1.79. The number of nitrogens with zero attached hydrogens (tertiary/aromatic N) is 2. The zero-order valence-corrected chi connectivity index (χ0v) is 17.2. The maximum atomic E-state index is 12.8. The van der Waals surface area contributed by atoms with Crippen LogP contribution in [0.5, 0.6) is 0 Å². The summed E-state index contributed by atoms with van der Waals surface area (Å²) in [5.74, 6) is -2.01. The van der Waals surface area contributed by atoms with E-state index in [4.69, 9.17) is 0 Å². The molecule has 3 heterocycles. The largest absolute Gasteiger partial charge is 0.511 e. The molecule has 0 bridgehead atoms. The summed E-state index contributed by atoms with van der Waals surface area (Å²) in [4.78, 5) is 40.9. The number of fused-ring (bicyclic) bond motifs is 1. The highest BCUT2D eigenvalue weighted by molar-refractivity contribution is 6.23. The lowest BCUT2D eigenvalue weighted by atomic mass is 9.84. The van der Waals surface area contributed by atoms with E-state index in [0.29, 0.717) is 18.7 Å². The van der Waals surface area contributed by atoms with Crippen LogP contribution in [-0.2, 0) is 14.4 Å². The number of rotatable bonds is 3. The Morgan fingerprint density at radius 1 is 1.10 bits per heavy atom. The van der Waals surface area contributed by atoms with Gasteiger partial charge < -0.3 is 25.5 Å². The summed E-state index contributed by atoms with van der Waals surface area (Å²) in [6.07, 6.45) is 4.18. The second-order valence-electron chi connectivity index (χ2n) is 8.25. The molecule has 8 nitrogen and oxygen atoms in total. The van der Waals surface area contributed by atoms with Gasteiger partial charge in [0, 0.05) is 50.5 Å². The van der Waals surface area contributed by atoms with Crippen molar-refractivity contribution in [3.63, 3.8) is 0 Å². The normalized spacial score (nSPS) is 24.2. The number of hydrogen-bond donors (Lipinski definition) is 3. The number of piperidine rings is 2. The van der Waals surface area contributed by atoms with E-state index in [1.807, 2.05) is 12.1 Å². The molecule has 0 aliphatic carbocycles. The third kappa shape index (κ3) is 3.99. The van der Waals surface area contributed by atoms with Gasteiger partial charge in [0.1, 0.15) is 11.3 Å². The predicted molar refractivity (Wildman–Crippen MR) is 113 cm³/mol. The van der Waals surface area contributed by atoms with Crippen LogP contribution in [0.1, 0.15) is 32.6 Å². The third-order valence-electron chi connectivity index (χ3n) is 6.28. The lowest BCUT2D eigenvalue weighted by Gasteiger charge is -2.40. The van der Waals surface area contributed by atoms with Gasteiger partial charge in [-0.2, -0.15) is 0 Å². The Bertz CT molecular complexity index is 874. The monoisotopic (exact) mass is 412 g/mol. The molecule has 1 aromatic carbocycles. The van der Waals surface area contributed by atoms with E-state index in [-0.39, 0.29) is 29.8 Å². The second kappa shape index (κ2) is 8.38. The molecule has 3 N–H and O–H groups in total. The minimum Gasteiger partial charge on any atom is -0.511 e. The molecule has 0 spiro atoms. The van der Waals surface area contributed by atoms with Crippen molar-refractivity contribution in [2.75, 3.05) is 36.4 Å². The highest BCUT2D eigenvalue weighted by Crippen LogP contribution is 2.30. The van der Waals surface area contributed by atoms with E-state index in [1.165, 1.54) is 26.2 Å². The molecular weight excluding hydrogens is 384 g/mol. The van der Waals surface area contributed by atoms with E-state index in [9.17, 15) is 19.5 Å². The molecule has 0 radical (unpaired) electrons. The summed E-state index contributed by atoms with van der Waals surface area (Å²) in [5.41, 5.74) is 1.39. The van der Waals surface area contributed by atoms with Gasteiger partial charge in [-0.15, -0.1) is 0 Å². The fraction of sp³-hybridized carbons (Fsp3) is 0.500. The van der Waals surface area contributed by atoms with E-state index >= 15 is 0 Å². The molecule has 8 heteroatoms. The fourth-order valence-electron chi connectivity index (χ4n) is 4.55. The Labute approximate surface area is 175 Å². The highest BCUT2D eigenvalue weighted by Gasteiger charge is 2.42. The number of carbonyl (C=O) groups is 3. The Morgan fingerprint density at radius 2 is 1.80 bits per heavy atom. The summed E-state index contributed by atoms with van der Waals surface area (Å²) >= 11 is 0. The van der Waals surface area contributed by atoms with Crippen molar-refractivity contribution < 1.29 is 19.5 Å². The van der Waals surface area contributed by atoms with Crippen molar-refractivity contribution in [1.29, 1.82) is 0 Å². The number of benzene rings is 1. The van der Waals surface area contributed by atoms with Gasteiger partial charge in [-0.05, 0) is 49.9 Å². The van der Waals surface area contributed by atoms with Crippen LogP contribution in [0.4, 0.5) is 11.4 Å². The Kier molecular flexibility index (Phi) is 5.65. The first-order valence-electron chi connectivity index (χ1n) is 10.6. The van der Waals surface area contributed by atoms with Crippen LogP contribution in [-0.4, -0.2) is 59.9 Å². The average Bonchev–Trinajstić information content (AvgIpc) is 2.74. The van der Waals surface area contributed by atoms with Gasteiger partial charge in [-0.1, -0.05) is 0 Å². The maximum Gasteiger partial charge on any atom is 0.264 e. The summed E-state index contributed by atoms with van der Waals surface area (Å²) < 4.78 is 0. The zero-order chi connectivity index (χ0) is 21.3. The first-order valence-corrected chi connectivity index (χ1v) is 10.6. The summed E-state index contributed by atoms with van der Waals surface area (Å²) in [6, 6.07) is 7.26. The van der Waals surface area contributed by atoms with Crippen molar-refractivity contribution in [1.82, 2.24) is 10.2 Å². The van der Waals surface area contributed by atoms with Crippen molar-refractivity contribution in [3.8, 4) is 0 Å². The van der Waals surface area contributed by atoms with Crippen LogP contribution in [0.25, 0.3) is 0 Å². The van der Waals surface area contributed by atoms with Crippen molar-refractivity contribution >= 4 is 29.1 Å². The minimum absolute atomic E-state index is 0.0852. The average molecular weight is 412 g/mol. The molecule has 1 aromatic rings. The van der Waals surface area contributed by atoms with Crippen LogP contribution in [0.15, 0.2) is 35.6 Å². The topological polar surface area (TPSA) is 102 Å². The number of carbonyl (C=O) groups excluding carboxylic acids is 3. The fourth-order valence-corrected chi connectivity index (χ4v) is 4.55. The van der Waals surface area contributed by atoms with E-state index in [0.717, 1.165) is 18.8 Å². The number of hydrogen-bond acceptors (Lipinski definition) is 5. The molecule has 30 heavy (non-hydrogen) atoms. The maximum absolute atomic E-state index is 12.8. The van der Waals surface area contributed by atoms with Gasteiger partial charge in [0.05, 0.1) is 5.92 Å². The van der Waals surface area contributed by atoms with Gasteiger partial charge in [0.2, 0.25) is 5.91 Å². The van der Waals surface area contributed by atoms with Gasteiger partial charge in [0.25, 0.3) is 11.8 Å². The smallest absolute Gasteiger partial charge is 0.264 e. The highest BCUT2D eigenvalue weighted by atomic mass is 16.3. The molecule has 2 atom stereocenters. The van der Waals surface area contributed by atoms with Crippen molar-refractivity contribution in [3.05, 3.63) is 35.6 Å². The van der Waals surface area contributed by atoms with Gasteiger partial charge in [-0.25, -0.2) is 0 Å². The van der Waals surface area contributed by atoms with E-state index in [2.05, 4.69) is 15.5 Å². The SMILES string of the molecule is CC(=O)N1CC[C@@H]2NC(=O)C(C(=O)Nc3ccc(N4CCCCC4)cc3)=C(O)[C@H]2C1. The Morgan fingerprint density at radius 3 is 2.47 bits per heavy atom. The molecule has 4 rings (SSSR count). The standard InChI is InChI=1S/C22H28N4O4/c1-14(27)26-12-9-18-17(13-26)20(28)19(22(30)24-18)21(29)23-15-5-7-16(8-6-15)25-10-3-2-4-11-25/h5-8,17-18,28H,2-4,9-13H2,1H3,(H,23,29)(H,24,30)/t17-,18-/m0/s1. The summed E-state index contributed by atoms with van der Waals surface area (Å²) in [5, 5.41) is 16.2.